The van der Waals surface area contributed by atoms with Crippen molar-refractivity contribution in [2.75, 3.05) is 5.32 Å². The number of hydrogen-bond donors (Lipinski definition) is 2. The molecule has 0 fully saturated rings. The minimum atomic E-state index is -4.86. The first-order valence-electron chi connectivity index (χ1n) is 9.08. The number of halogens is 3. The van der Waals surface area contributed by atoms with Crippen LogP contribution in [0.5, 0.6) is 0 Å². The van der Waals surface area contributed by atoms with Gasteiger partial charge in [0.25, 0.3) is 0 Å². The zero-order valence-corrected chi connectivity index (χ0v) is 17.1. The molecule has 30 heavy (non-hydrogen) atoms. The Hall–Kier alpha value is -2.85. The number of para-hydroxylation sites is 1. The van der Waals surface area contributed by atoms with E-state index >= 15 is 0 Å². The molecule has 1 aromatic heterocycles. The van der Waals surface area contributed by atoms with Crippen molar-refractivity contribution in [1.82, 2.24) is 9.78 Å². The molecule has 0 saturated carbocycles. The van der Waals surface area contributed by atoms with Crippen molar-refractivity contribution < 1.29 is 21.6 Å². The fourth-order valence-electron chi connectivity index (χ4n) is 3.07. The molecular weight excluding hydrogens is 417 g/mol. The summed E-state index contributed by atoms with van der Waals surface area (Å²) in [5.74, 6) is 0.0993. The zero-order chi connectivity index (χ0) is 22.1. The van der Waals surface area contributed by atoms with E-state index in [0.717, 1.165) is 29.1 Å². The first kappa shape index (κ1) is 21.8. The Morgan fingerprint density at radius 1 is 1.13 bits per heavy atom. The van der Waals surface area contributed by atoms with Crippen LogP contribution < -0.4 is 10.5 Å². The average Bonchev–Trinajstić information content (AvgIpc) is 3.10. The number of sulfonamides is 1. The molecule has 0 unspecified atom stereocenters. The zero-order valence-electron chi connectivity index (χ0n) is 16.3. The second-order valence-corrected chi connectivity index (χ2v) is 8.61. The molecule has 10 heteroatoms. The number of rotatable bonds is 6. The van der Waals surface area contributed by atoms with Gasteiger partial charge in [-0.3, -0.25) is 0 Å². The SMILES string of the molecule is CC(C)c1nn(-c2ccccc2)cc1CNc1ccc(S(N)(=O)=O)c(C(F)(F)F)c1. The van der Waals surface area contributed by atoms with Crippen molar-refractivity contribution in [3.63, 3.8) is 0 Å². The smallest absolute Gasteiger partial charge is 0.381 e. The van der Waals surface area contributed by atoms with Crippen LogP contribution in [0.25, 0.3) is 5.69 Å². The quantitative estimate of drug-likeness (QED) is 0.601. The van der Waals surface area contributed by atoms with Crippen LogP contribution in [0.15, 0.2) is 59.6 Å². The topological polar surface area (TPSA) is 90.0 Å². The number of nitrogens with two attached hydrogens (primary N) is 1. The third-order valence-corrected chi connectivity index (χ3v) is 5.43. The van der Waals surface area contributed by atoms with Crippen molar-refractivity contribution >= 4 is 15.7 Å². The fraction of sp³-hybridized carbons (Fsp3) is 0.250. The van der Waals surface area contributed by atoms with E-state index in [-0.39, 0.29) is 18.2 Å². The lowest BCUT2D eigenvalue weighted by molar-refractivity contribution is -0.139. The molecule has 0 amide bonds. The molecule has 0 spiro atoms. The summed E-state index contributed by atoms with van der Waals surface area (Å²) in [5.41, 5.74) is 1.31. The molecule has 0 atom stereocenters. The summed E-state index contributed by atoms with van der Waals surface area (Å²) < 4.78 is 64.7. The predicted octanol–water partition coefficient (Wildman–Crippen LogP) is 4.27. The lowest BCUT2D eigenvalue weighted by atomic mass is 10.1. The van der Waals surface area contributed by atoms with Gasteiger partial charge in [-0.15, -0.1) is 0 Å². The Morgan fingerprint density at radius 2 is 1.80 bits per heavy atom. The molecule has 2 aromatic carbocycles. The Balaban J connectivity index is 1.91. The summed E-state index contributed by atoms with van der Waals surface area (Å²) in [6.45, 7) is 4.17. The molecule has 1 heterocycles. The third-order valence-electron chi connectivity index (χ3n) is 4.46. The van der Waals surface area contributed by atoms with E-state index in [1.54, 1.807) is 4.68 Å². The molecule has 3 rings (SSSR count). The van der Waals surface area contributed by atoms with Gasteiger partial charge in [0.2, 0.25) is 10.0 Å². The lowest BCUT2D eigenvalue weighted by Gasteiger charge is -2.14. The Morgan fingerprint density at radius 3 is 2.37 bits per heavy atom. The summed E-state index contributed by atoms with van der Waals surface area (Å²) in [5, 5.41) is 12.4. The van der Waals surface area contributed by atoms with E-state index < -0.39 is 26.7 Å². The summed E-state index contributed by atoms with van der Waals surface area (Å²) in [6, 6.07) is 12.3. The highest BCUT2D eigenvalue weighted by Crippen LogP contribution is 2.35. The summed E-state index contributed by atoms with van der Waals surface area (Å²) in [6.07, 6.45) is -3.04. The van der Waals surface area contributed by atoms with Crippen molar-refractivity contribution in [3.8, 4) is 5.69 Å². The van der Waals surface area contributed by atoms with Crippen molar-refractivity contribution in [1.29, 1.82) is 0 Å². The van der Waals surface area contributed by atoms with E-state index in [0.29, 0.717) is 0 Å². The van der Waals surface area contributed by atoms with E-state index in [2.05, 4.69) is 10.4 Å². The molecule has 3 N–H and O–H groups in total. The maximum Gasteiger partial charge on any atom is 0.417 e. The molecule has 0 aliphatic rings. The minimum absolute atomic E-state index is 0.0993. The van der Waals surface area contributed by atoms with Gasteiger partial charge in [0.05, 0.1) is 21.8 Å². The molecule has 3 aromatic rings. The van der Waals surface area contributed by atoms with E-state index in [4.69, 9.17) is 5.14 Å². The number of hydrogen-bond acceptors (Lipinski definition) is 4. The number of benzene rings is 2. The van der Waals surface area contributed by atoms with E-state index in [9.17, 15) is 21.6 Å². The average molecular weight is 438 g/mol. The fourth-order valence-corrected chi connectivity index (χ4v) is 3.80. The number of alkyl halides is 3. The number of anilines is 1. The molecule has 0 radical (unpaired) electrons. The molecule has 0 bridgehead atoms. The van der Waals surface area contributed by atoms with Gasteiger partial charge < -0.3 is 5.32 Å². The van der Waals surface area contributed by atoms with Gasteiger partial charge in [0.15, 0.2) is 0 Å². The van der Waals surface area contributed by atoms with Crippen LogP contribution in [0.4, 0.5) is 18.9 Å². The van der Waals surface area contributed by atoms with Gasteiger partial charge >= 0.3 is 6.18 Å². The van der Waals surface area contributed by atoms with E-state index in [1.807, 2.05) is 50.4 Å². The number of aromatic nitrogens is 2. The normalized spacial score (nSPS) is 12.4. The van der Waals surface area contributed by atoms with Gasteiger partial charge in [-0.05, 0) is 36.2 Å². The van der Waals surface area contributed by atoms with Gasteiger partial charge in [-0.2, -0.15) is 18.3 Å². The third kappa shape index (κ3) is 4.82. The van der Waals surface area contributed by atoms with Crippen LogP contribution in [-0.4, -0.2) is 18.2 Å². The van der Waals surface area contributed by atoms with Gasteiger partial charge in [0, 0.05) is 24.0 Å². The Labute approximate surface area is 172 Å². The second kappa shape index (κ2) is 8.11. The van der Waals surface area contributed by atoms with Crippen LogP contribution in [-0.2, 0) is 22.7 Å². The summed E-state index contributed by atoms with van der Waals surface area (Å²) in [7, 11) is -4.51. The molecule has 160 valence electrons. The van der Waals surface area contributed by atoms with Crippen molar-refractivity contribution in [2.24, 2.45) is 5.14 Å². The van der Waals surface area contributed by atoms with Crippen LogP contribution in [0.1, 0.15) is 36.6 Å². The highest BCUT2D eigenvalue weighted by molar-refractivity contribution is 7.89. The molecule has 0 aliphatic heterocycles. The summed E-state index contributed by atoms with van der Waals surface area (Å²) in [4.78, 5) is -0.958. The molecular formula is C20H21F3N4O2S. The first-order valence-corrected chi connectivity index (χ1v) is 10.6. The van der Waals surface area contributed by atoms with Crippen molar-refractivity contribution in [3.05, 3.63) is 71.5 Å². The van der Waals surface area contributed by atoms with Crippen LogP contribution in [0, 0.1) is 0 Å². The monoisotopic (exact) mass is 438 g/mol. The highest BCUT2D eigenvalue weighted by Gasteiger charge is 2.36. The van der Waals surface area contributed by atoms with Crippen LogP contribution in [0.3, 0.4) is 0 Å². The van der Waals surface area contributed by atoms with Crippen LogP contribution >= 0.6 is 0 Å². The lowest BCUT2D eigenvalue weighted by Crippen LogP contribution is -2.19. The minimum Gasteiger partial charge on any atom is -0.381 e. The van der Waals surface area contributed by atoms with Crippen LogP contribution in [0.2, 0.25) is 0 Å². The van der Waals surface area contributed by atoms with Crippen molar-refractivity contribution in [2.45, 2.75) is 37.4 Å². The first-order chi connectivity index (χ1) is 14.0. The van der Waals surface area contributed by atoms with Gasteiger partial charge in [-0.1, -0.05) is 32.0 Å². The second-order valence-electron chi connectivity index (χ2n) is 7.08. The molecule has 6 nitrogen and oxygen atoms in total. The maximum absolute atomic E-state index is 13.3. The summed E-state index contributed by atoms with van der Waals surface area (Å²) >= 11 is 0. The largest absolute Gasteiger partial charge is 0.417 e. The highest BCUT2D eigenvalue weighted by atomic mass is 32.2. The van der Waals surface area contributed by atoms with Gasteiger partial charge in [-0.25, -0.2) is 18.2 Å². The Kier molecular flexibility index (Phi) is 5.91. The number of primary sulfonamides is 1. The number of nitrogens with one attached hydrogen (secondary N) is 1. The Bertz CT molecular complexity index is 1140. The number of nitrogens with zero attached hydrogens (tertiary/aromatic N) is 2. The van der Waals surface area contributed by atoms with Gasteiger partial charge in [0.1, 0.15) is 0 Å². The molecule has 0 aliphatic carbocycles. The standard InChI is InChI=1S/C20H21F3N4O2S/c1-13(2)19-14(12-27(26-19)16-6-4-3-5-7-16)11-25-15-8-9-18(30(24,28)29)17(10-15)20(21,22)23/h3-10,12-13,25H,11H2,1-2H3,(H2,24,28,29). The molecule has 0 saturated heterocycles. The predicted molar refractivity (Wildman–Crippen MR) is 108 cm³/mol. The van der Waals surface area contributed by atoms with E-state index in [1.165, 1.54) is 6.07 Å². The maximum atomic E-state index is 13.3.